The molecule has 0 amide bonds. The van der Waals surface area contributed by atoms with Gasteiger partial charge in [0.05, 0.1) is 23.5 Å². The Bertz CT molecular complexity index is 460. The molecule has 1 fully saturated rings. The van der Waals surface area contributed by atoms with Crippen molar-refractivity contribution in [3.8, 4) is 0 Å². The van der Waals surface area contributed by atoms with Gasteiger partial charge < -0.3 is 10.0 Å². The zero-order chi connectivity index (χ0) is 14.9. The monoisotopic (exact) mass is 299 g/mol. The van der Waals surface area contributed by atoms with E-state index in [2.05, 4.69) is 23.8 Å². The predicted molar refractivity (Wildman–Crippen MR) is 81.9 cm³/mol. The molecule has 0 aromatic carbocycles. The van der Waals surface area contributed by atoms with Gasteiger partial charge in [-0.15, -0.1) is 0 Å². The molecule has 4 nitrogen and oxygen atoms in total. The Balaban J connectivity index is 2.32. The molecular formula is C15H26ClN3O. The summed E-state index contributed by atoms with van der Waals surface area (Å²) in [4.78, 5) is 2.11. The summed E-state index contributed by atoms with van der Waals surface area (Å²) in [5.74, 6) is 0.700. The SMILES string of the molecule is CC1CCCC(O)(c2c(Cl)cnn2CCN(C)C)C1C. The molecule has 0 radical (unpaired) electrons. The lowest BCUT2D eigenvalue weighted by Crippen LogP contribution is -2.42. The Kier molecular flexibility index (Phi) is 4.77. The minimum atomic E-state index is -0.850. The van der Waals surface area contributed by atoms with E-state index < -0.39 is 5.60 Å². The van der Waals surface area contributed by atoms with Gasteiger partial charge in [0.25, 0.3) is 0 Å². The summed E-state index contributed by atoms with van der Waals surface area (Å²) in [6, 6.07) is 0. The van der Waals surface area contributed by atoms with E-state index in [1.54, 1.807) is 6.20 Å². The zero-order valence-corrected chi connectivity index (χ0v) is 13.7. The number of aromatic nitrogens is 2. The summed E-state index contributed by atoms with van der Waals surface area (Å²) in [6.07, 6.45) is 4.65. The molecule has 1 aromatic rings. The Labute approximate surface area is 126 Å². The van der Waals surface area contributed by atoms with E-state index in [1.807, 2.05) is 18.8 Å². The van der Waals surface area contributed by atoms with Crippen molar-refractivity contribution in [3.05, 3.63) is 16.9 Å². The van der Waals surface area contributed by atoms with E-state index in [-0.39, 0.29) is 5.92 Å². The maximum atomic E-state index is 11.2. The minimum absolute atomic E-state index is 0.198. The molecule has 3 atom stereocenters. The van der Waals surface area contributed by atoms with Gasteiger partial charge in [0.15, 0.2) is 0 Å². The number of hydrogen-bond acceptors (Lipinski definition) is 3. The second kappa shape index (κ2) is 6.04. The third kappa shape index (κ3) is 2.87. The van der Waals surface area contributed by atoms with Crippen LogP contribution >= 0.6 is 11.6 Å². The van der Waals surface area contributed by atoms with Crippen molar-refractivity contribution in [3.63, 3.8) is 0 Å². The van der Waals surface area contributed by atoms with Crippen LogP contribution in [0.2, 0.25) is 5.02 Å². The number of halogens is 1. The van der Waals surface area contributed by atoms with Crippen LogP contribution in [-0.4, -0.2) is 40.4 Å². The van der Waals surface area contributed by atoms with Crippen LogP contribution in [0.5, 0.6) is 0 Å². The van der Waals surface area contributed by atoms with Gasteiger partial charge in [-0.05, 0) is 38.8 Å². The summed E-state index contributed by atoms with van der Waals surface area (Å²) in [7, 11) is 4.07. The van der Waals surface area contributed by atoms with E-state index in [4.69, 9.17) is 11.6 Å². The van der Waals surface area contributed by atoms with E-state index >= 15 is 0 Å². The highest BCUT2D eigenvalue weighted by Gasteiger charge is 2.44. The van der Waals surface area contributed by atoms with E-state index in [0.29, 0.717) is 10.9 Å². The van der Waals surface area contributed by atoms with Gasteiger partial charge in [0.1, 0.15) is 5.60 Å². The normalized spacial score (nSPS) is 30.9. The van der Waals surface area contributed by atoms with Crippen molar-refractivity contribution in [1.29, 1.82) is 0 Å². The molecule has 0 saturated heterocycles. The molecule has 3 unspecified atom stereocenters. The van der Waals surface area contributed by atoms with Crippen LogP contribution in [0.25, 0.3) is 0 Å². The number of hydrogen-bond donors (Lipinski definition) is 1. The first-order valence-electron chi connectivity index (χ1n) is 7.45. The Hall–Kier alpha value is -0.580. The van der Waals surface area contributed by atoms with Gasteiger partial charge >= 0.3 is 0 Å². The highest BCUT2D eigenvalue weighted by Crippen LogP contribution is 2.46. The fourth-order valence-corrected chi connectivity index (χ4v) is 3.54. The van der Waals surface area contributed by atoms with Crippen molar-refractivity contribution in [2.75, 3.05) is 20.6 Å². The highest BCUT2D eigenvalue weighted by molar-refractivity contribution is 6.31. The second-order valence-corrected chi connectivity index (χ2v) is 6.86. The first-order valence-corrected chi connectivity index (χ1v) is 7.83. The highest BCUT2D eigenvalue weighted by atomic mass is 35.5. The molecule has 2 rings (SSSR count). The number of aliphatic hydroxyl groups is 1. The van der Waals surface area contributed by atoms with Gasteiger partial charge in [-0.25, -0.2) is 0 Å². The standard InChI is InChI=1S/C15H26ClN3O/c1-11-6-5-7-15(20,12(11)2)14-13(16)10-17-19(14)9-8-18(3)4/h10-12,20H,5-9H2,1-4H3. The van der Waals surface area contributed by atoms with Crippen molar-refractivity contribution in [2.45, 2.75) is 45.3 Å². The van der Waals surface area contributed by atoms with Crippen LogP contribution in [-0.2, 0) is 12.1 Å². The lowest BCUT2D eigenvalue weighted by Gasteiger charge is -2.42. The van der Waals surface area contributed by atoms with Crippen molar-refractivity contribution in [1.82, 2.24) is 14.7 Å². The smallest absolute Gasteiger partial charge is 0.110 e. The molecule has 1 N–H and O–H groups in total. The minimum Gasteiger partial charge on any atom is -0.383 e. The van der Waals surface area contributed by atoms with Crippen LogP contribution in [0.1, 0.15) is 38.8 Å². The first-order chi connectivity index (χ1) is 9.36. The van der Waals surface area contributed by atoms with Crippen LogP contribution < -0.4 is 0 Å². The Morgan fingerprint density at radius 3 is 2.85 bits per heavy atom. The van der Waals surface area contributed by atoms with Gasteiger partial charge in [-0.3, -0.25) is 4.68 Å². The molecule has 1 aliphatic rings. The topological polar surface area (TPSA) is 41.3 Å². The van der Waals surface area contributed by atoms with Crippen molar-refractivity contribution < 1.29 is 5.11 Å². The van der Waals surface area contributed by atoms with Gasteiger partial charge in [-0.1, -0.05) is 31.9 Å². The molecule has 0 spiro atoms. The van der Waals surface area contributed by atoms with Crippen LogP contribution in [0, 0.1) is 11.8 Å². The van der Waals surface area contributed by atoms with Crippen LogP contribution in [0.15, 0.2) is 6.20 Å². The fraction of sp³-hybridized carbons (Fsp3) is 0.800. The molecule has 1 saturated carbocycles. The van der Waals surface area contributed by atoms with Crippen LogP contribution in [0.3, 0.4) is 0 Å². The Morgan fingerprint density at radius 1 is 1.50 bits per heavy atom. The average molecular weight is 300 g/mol. The predicted octanol–water partition coefficient (Wildman–Crippen LogP) is 2.74. The lowest BCUT2D eigenvalue weighted by molar-refractivity contribution is -0.0753. The summed E-state index contributed by atoms with van der Waals surface area (Å²) >= 11 is 6.34. The van der Waals surface area contributed by atoms with Gasteiger partial charge in [0, 0.05) is 6.54 Å². The van der Waals surface area contributed by atoms with Gasteiger partial charge in [-0.2, -0.15) is 5.10 Å². The maximum absolute atomic E-state index is 11.2. The Morgan fingerprint density at radius 2 is 2.20 bits per heavy atom. The molecule has 114 valence electrons. The molecule has 20 heavy (non-hydrogen) atoms. The van der Waals surface area contributed by atoms with Crippen molar-refractivity contribution in [2.24, 2.45) is 11.8 Å². The third-order valence-electron chi connectivity index (χ3n) is 4.79. The molecular weight excluding hydrogens is 274 g/mol. The summed E-state index contributed by atoms with van der Waals surface area (Å²) in [5, 5.41) is 16.2. The zero-order valence-electron chi connectivity index (χ0n) is 12.9. The maximum Gasteiger partial charge on any atom is 0.110 e. The number of likely N-dealkylation sites (N-methyl/N-ethyl adjacent to an activating group) is 1. The molecule has 1 aromatic heterocycles. The quantitative estimate of drug-likeness (QED) is 0.929. The summed E-state index contributed by atoms with van der Waals surface area (Å²) in [6.45, 7) is 5.97. The summed E-state index contributed by atoms with van der Waals surface area (Å²) < 4.78 is 1.89. The summed E-state index contributed by atoms with van der Waals surface area (Å²) in [5.41, 5.74) is -0.0440. The molecule has 1 aliphatic carbocycles. The fourth-order valence-electron chi connectivity index (χ4n) is 3.23. The van der Waals surface area contributed by atoms with E-state index in [9.17, 15) is 5.11 Å². The number of nitrogens with zero attached hydrogens (tertiary/aromatic N) is 3. The number of rotatable bonds is 4. The third-order valence-corrected chi connectivity index (χ3v) is 5.06. The van der Waals surface area contributed by atoms with Crippen molar-refractivity contribution >= 4 is 11.6 Å². The lowest BCUT2D eigenvalue weighted by atomic mass is 9.69. The second-order valence-electron chi connectivity index (χ2n) is 6.45. The van der Waals surface area contributed by atoms with Crippen LogP contribution in [0.4, 0.5) is 0 Å². The molecule has 5 heteroatoms. The van der Waals surface area contributed by atoms with E-state index in [1.165, 1.54) is 6.42 Å². The first kappa shape index (κ1) is 15.8. The molecule has 0 aliphatic heterocycles. The average Bonchev–Trinajstić information content (AvgIpc) is 2.75. The molecule has 0 bridgehead atoms. The molecule has 1 heterocycles. The largest absolute Gasteiger partial charge is 0.383 e. The van der Waals surface area contributed by atoms with Gasteiger partial charge in [0.2, 0.25) is 0 Å². The van der Waals surface area contributed by atoms with E-state index in [0.717, 1.165) is 31.6 Å².